The zero-order valence-corrected chi connectivity index (χ0v) is 33.0. The highest BCUT2D eigenvalue weighted by Crippen LogP contribution is 2.27. The summed E-state index contributed by atoms with van der Waals surface area (Å²) in [6.07, 6.45) is 7.24. The number of hydrogen-bond acceptors (Lipinski definition) is 9. The molecule has 4 heterocycles. The number of rotatable bonds is 13. The molecule has 53 heavy (non-hydrogen) atoms. The van der Waals surface area contributed by atoms with E-state index in [1.807, 2.05) is 60.6 Å². The summed E-state index contributed by atoms with van der Waals surface area (Å²) in [4.78, 5) is 28.2. The average Bonchev–Trinajstić information content (AvgIpc) is 3.02. The number of alkyl carbamates (subject to hydrolysis) is 1. The van der Waals surface area contributed by atoms with E-state index in [1.54, 1.807) is 24.5 Å². The second kappa shape index (κ2) is 18.4. The summed E-state index contributed by atoms with van der Waals surface area (Å²) in [6.45, 7) is 22.4. The monoisotopic (exact) mass is 734 g/mol. The van der Waals surface area contributed by atoms with E-state index in [4.69, 9.17) is 19.9 Å². The molecule has 0 unspecified atom stereocenters. The number of nitrogens with zero attached hydrogens (tertiary/aromatic N) is 4. The molecule has 0 radical (unpaired) electrons. The van der Waals surface area contributed by atoms with Crippen LogP contribution in [0.3, 0.4) is 0 Å². The highest BCUT2D eigenvalue weighted by molar-refractivity contribution is 5.68. The van der Waals surface area contributed by atoms with Gasteiger partial charge in [-0.3, -0.25) is 9.97 Å². The van der Waals surface area contributed by atoms with Crippen molar-refractivity contribution in [2.75, 3.05) is 13.2 Å². The van der Waals surface area contributed by atoms with Crippen LogP contribution in [0.4, 0.5) is 13.6 Å². The largest absolute Gasteiger partial charge is 0.490 e. The lowest BCUT2D eigenvalue weighted by Gasteiger charge is -2.33. The number of nitrogens with one attached hydrogen (secondary N) is 1. The fourth-order valence-corrected chi connectivity index (χ4v) is 5.90. The molecular formula is C41H56F2N6O4. The normalized spacial score (nSPS) is 13.7. The Morgan fingerprint density at radius 2 is 1.19 bits per heavy atom. The van der Waals surface area contributed by atoms with Crippen LogP contribution >= 0.6 is 0 Å². The standard InChI is InChI=1S/C23H32FN3O3.C18H24FN3O/c1-15(2)12-23(7,27-21(28)30-22(4,5)6)14-29-19-13-26-18(10-16(19)3)17-8-9-25-20(24)11-17;1-12(2)9-18(4,20)11-23-16-10-22-15(7-13(16)3)14-5-6-21-17(19)8-14/h8-11,13,15H,12,14H2,1-7H3,(H,27,28);5-8,10,12H,9,11,20H2,1-4H3/t23-;18-/m00/s1. The fraction of sp³-hybridized carbons (Fsp3) is 0.488. The molecule has 0 bridgehead atoms. The molecular weight excluding hydrogens is 678 g/mol. The van der Waals surface area contributed by atoms with Gasteiger partial charge in [0, 0.05) is 41.2 Å². The van der Waals surface area contributed by atoms with Gasteiger partial charge in [-0.15, -0.1) is 0 Å². The number of carbonyl (C=O) groups is 1. The molecule has 0 aromatic carbocycles. The van der Waals surface area contributed by atoms with Gasteiger partial charge in [0.15, 0.2) is 0 Å². The maximum atomic E-state index is 13.4. The van der Waals surface area contributed by atoms with Gasteiger partial charge in [0.1, 0.15) is 30.3 Å². The van der Waals surface area contributed by atoms with Crippen LogP contribution in [0.25, 0.3) is 22.5 Å². The summed E-state index contributed by atoms with van der Waals surface area (Å²) < 4.78 is 43.9. The minimum Gasteiger partial charge on any atom is -0.490 e. The van der Waals surface area contributed by atoms with Crippen molar-refractivity contribution in [3.63, 3.8) is 0 Å². The predicted octanol–water partition coefficient (Wildman–Crippen LogP) is 9.03. The molecule has 0 saturated heterocycles. The van der Waals surface area contributed by atoms with E-state index in [1.165, 1.54) is 24.5 Å². The Kier molecular flexibility index (Phi) is 14.8. The number of aromatic nitrogens is 4. The first kappa shape index (κ1) is 42.7. The number of carbonyl (C=O) groups excluding carboxylic acids is 1. The molecule has 3 N–H and O–H groups in total. The zero-order valence-electron chi connectivity index (χ0n) is 33.0. The smallest absolute Gasteiger partial charge is 0.408 e. The molecule has 0 aliphatic rings. The van der Waals surface area contributed by atoms with Crippen LogP contribution in [0, 0.1) is 37.6 Å². The SMILES string of the molecule is Cc1cc(-c2ccnc(F)c2)ncc1OC[C@@](C)(N)CC(C)C.Cc1cc(-c2ccnc(F)c2)ncc1OC[C@](C)(CC(C)C)NC(=O)OC(C)(C)C. The quantitative estimate of drug-likeness (QED) is 0.129. The summed E-state index contributed by atoms with van der Waals surface area (Å²) in [5, 5.41) is 2.96. The van der Waals surface area contributed by atoms with Gasteiger partial charge < -0.3 is 25.3 Å². The Balaban J connectivity index is 0.000000295. The third kappa shape index (κ3) is 14.7. The van der Waals surface area contributed by atoms with Crippen LogP contribution in [-0.2, 0) is 4.74 Å². The third-order valence-electron chi connectivity index (χ3n) is 7.81. The number of nitrogens with two attached hydrogens (primary N) is 1. The van der Waals surface area contributed by atoms with Crippen molar-refractivity contribution in [1.82, 2.24) is 25.3 Å². The molecule has 4 aromatic heterocycles. The van der Waals surface area contributed by atoms with Gasteiger partial charge in [-0.05, 0) is 109 Å². The van der Waals surface area contributed by atoms with Crippen LogP contribution in [0.2, 0.25) is 0 Å². The Labute approximate surface area is 313 Å². The van der Waals surface area contributed by atoms with E-state index < -0.39 is 29.1 Å². The molecule has 0 aliphatic carbocycles. The summed E-state index contributed by atoms with van der Waals surface area (Å²) in [5.74, 6) is 1.09. The molecule has 0 aliphatic heterocycles. The molecule has 0 saturated carbocycles. The Bertz CT molecular complexity index is 1810. The van der Waals surface area contributed by atoms with Gasteiger partial charge in [0.25, 0.3) is 0 Å². The van der Waals surface area contributed by atoms with Gasteiger partial charge in [-0.2, -0.15) is 8.78 Å². The average molecular weight is 735 g/mol. The number of ether oxygens (including phenoxy) is 3. The minimum absolute atomic E-state index is 0.260. The summed E-state index contributed by atoms with van der Waals surface area (Å²) in [6, 6.07) is 9.85. The first-order valence-electron chi connectivity index (χ1n) is 17.9. The Morgan fingerprint density at radius 1 is 0.736 bits per heavy atom. The fourth-order valence-electron chi connectivity index (χ4n) is 5.90. The topological polar surface area (TPSA) is 134 Å². The molecule has 0 fully saturated rings. The minimum atomic E-state index is -0.615. The highest BCUT2D eigenvalue weighted by Gasteiger charge is 2.31. The van der Waals surface area contributed by atoms with Gasteiger partial charge in [-0.1, -0.05) is 27.7 Å². The number of pyridine rings is 4. The Hall–Kier alpha value is -4.71. The number of halogens is 2. The maximum absolute atomic E-state index is 13.4. The van der Waals surface area contributed by atoms with Crippen molar-refractivity contribution in [3.8, 4) is 34.0 Å². The number of amides is 1. The maximum Gasteiger partial charge on any atom is 0.408 e. The first-order chi connectivity index (χ1) is 24.6. The van der Waals surface area contributed by atoms with E-state index >= 15 is 0 Å². The van der Waals surface area contributed by atoms with Gasteiger partial charge in [0.05, 0.1) is 29.3 Å². The van der Waals surface area contributed by atoms with Crippen molar-refractivity contribution in [2.45, 2.75) is 106 Å². The summed E-state index contributed by atoms with van der Waals surface area (Å²) in [7, 11) is 0. The molecule has 10 nitrogen and oxygen atoms in total. The van der Waals surface area contributed by atoms with E-state index in [2.05, 4.69) is 52.9 Å². The lowest BCUT2D eigenvalue weighted by Crippen LogP contribution is -2.52. The molecule has 2 atom stereocenters. The van der Waals surface area contributed by atoms with Crippen LogP contribution in [0.15, 0.2) is 61.2 Å². The summed E-state index contributed by atoms with van der Waals surface area (Å²) >= 11 is 0. The van der Waals surface area contributed by atoms with Gasteiger partial charge in [-0.25, -0.2) is 14.8 Å². The van der Waals surface area contributed by atoms with Crippen LogP contribution in [0.1, 0.15) is 86.3 Å². The van der Waals surface area contributed by atoms with Crippen molar-refractivity contribution in [2.24, 2.45) is 17.6 Å². The Morgan fingerprint density at radius 3 is 1.58 bits per heavy atom. The van der Waals surface area contributed by atoms with Crippen LogP contribution in [-0.4, -0.2) is 55.9 Å². The summed E-state index contributed by atoms with van der Waals surface area (Å²) in [5.41, 5.74) is 9.15. The lowest BCUT2D eigenvalue weighted by atomic mass is 9.91. The number of aryl methyl sites for hydroxylation is 2. The number of hydrogen-bond donors (Lipinski definition) is 2. The zero-order chi connectivity index (χ0) is 39.6. The lowest BCUT2D eigenvalue weighted by molar-refractivity contribution is 0.0407. The van der Waals surface area contributed by atoms with E-state index in [0.717, 1.165) is 17.5 Å². The van der Waals surface area contributed by atoms with Crippen molar-refractivity contribution in [1.29, 1.82) is 0 Å². The van der Waals surface area contributed by atoms with Crippen LogP contribution in [0.5, 0.6) is 11.5 Å². The second-order valence-electron chi connectivity index (χ2n) is 16.0. The molecule has 1 amide bonds. The van der Waals surface area contributed by atoms with E-state index in [-0.39, 0.29) is 12.1 Å². The molecule has 12 heteroatoms. The van der Waals surface area contributed by atoms with E-state index in [0.29, 0.717) is 58.9 Å². The first-order valence-corrected chi connectivity index (χ1v) is 17.9. The predicted molar refractivity (Wildman–Crippen MR) is 205 cm³/mol. The van der Waals surface area contributed by atoms with Crippen molar-refractivity contribution >= 4 is 6.09 Å². The van der Waals surface area contributed by atoms with Gasteiger partial charge in [0.2, 0.25) is 11.9 Å². The van der Waals surface area contributed by atoms with E-state index in [9.17, 15) is 13.6 Å². The molecule has 4 aromatic rings. The molecule has 4 rings (SSSR count). The second-order valence-corrected chi connectivity index (χ2v) is 16.0. The highest BCUT2D eigenvalue weighted by atomic mass is 19.1. The van der Waals surface area contributed by atoms with Crippen molar-refractivity contribution < 1.29 is 27.8 Å². The van der Waals surface area contributed by atoms with Crippen LogP contribution < -0.4 is 20.5 Å². The van der Waals surface area contributed by atoms with Gasteiger partial charge >= 0.3 is 6.09 Å². The molecule has 288 valence electrons. The molecule has 0 spiro atoms. The van der Waals surface area contributed by atoms with Crippen molar-refractivity contribution in [3.05, 3.63) is 84.2 Å². The third-order valence-corrected chi connectivity index (χ3v) is 7.81.